The molecule has 5 heteroatoms. The van der Waals surface area contributed by atoms with Crippen molar-refractivity contribution in [3.63, 3.8) is 0 Å². The van der Waals surface area contributed by atoms with Gasteiger partial charge < -0.3 is 10.1 Å². The van der Waals surface area contributed by atoms with Crippen molar-refractivity contribution in [3.8, 4) is 5.75 Å². The molecule has 0 aliphatic heterocycles. The van der Waals surface area contributed by atoms with E-state index in [4.69, 9.17) is 27.9 Å². The summed E-state index contributed by atoms with van der Waals surface area (Å²) in [6.07, 6.45) is 0. The van der Waals surface area contributed by atoms with E-state index in [0.717, 1.165) is 21.3 Å². The number of nitrogens with one attached hydrogen (secondary N) is 1. The standard InChI is InChI=1S/C16H16BrCl2NO/c1-3-21-15-5-4-11(17)8-14(15)16(20-2)10-6-12(18)9-13(19)7-10/h4-9,16,20H,3H2,1-2H3. The number of benzene rings is 2. The molecule has 21 heavy (non-hydrogen) atoms. The van der Waals surface area contributed by atoms with Gasteiger partial charge in [0.15, 0.2) is 0 Å². The van der Waals surface area contributed by atoms with Gasteiger partial charge in [0.2, 0.25) is 0 Å². The van der Waals surface area contributed by atoms with Crippen LogP contribution >= 0.6 is 39.1 Å². The number of rotatable bonds is 5. The molecule has 1 unspecified atom stereocenters. The molecule has 2 nitrogen and oxygen atoms in total. The monoisotopic (exact) mass is 387 g/mol. The van der Waals surface area contributed by atoms with E-state index in [-0.39, 0.29) is 6.04 Å². The fourth-order valence-electron chi connectivity index (χ4n) is 2.28. The molecule has 0 aliphatic carbocycles. The summed E-state index contributed by atoms with van der Waals surface area (Å²) >= 11 is 15.7. The van der Waals surface area contributed by atoms with Gasteiger partial charge in [-0.05, 0) is 55.9 Å². The lowest BCUT2D eigenvalue weighted by molar-refractivity contribution is 0.334. The summed E-state index contributed by atoms with van der Waals surface area (Å²) < 4.78 is 6.72. The predicted molar refractivity (Wildman–Crippen MR) is 92.7 cm³/mol. The number of hydrogen-bond acceptors (Lipinski definition) is 2. The Kier molecular flexibility index (Phi) is 5.94. The highest BCUT2D eigenvalue weighted by molar-refractivity contribution is 9.10. The molecule has 0 radical (unpaired) electrons. The molecule has 2 rings (SSSR count). The lowest BCUT2D eigenvalue weighted by Crippen LogP contribution is -2.18. The van der Waals surface area contributed by atoms with Gasteiger partial charge in [-0.25, -0.2) is 0 Å². The third-order valence-corrected chi connectivity index (χ3v) is 4.02. The van der Waals surface area contributed by atoms with E-state index in [0.29, 0.717) is 16.7 Å². The molecule has 0 heterocycles. The van der Waals surface area contributed by atoms with Gasteiger partial charge in [-0.1, -0.05) is 39.1 Å². The minimum Gasteiger partial charge on any atom is -0.494 e. The summed E-state index contributed by atoms with van der Waals surface area (Å²) in [5, 5.41) is 4.53. The van der Waals surface area contributed by atoms with Crippen LogP contribution in [0.25, 0.3) is 0 Å². The van der Waals surface area contributed by atoms with E-state index in [1.807, 2.05) is 44.3 Å². The molecule has 1 atom stereocenters. The summed E-state index contributed by atoms with van der Waals surface area (Å²) in [5.41, 5.74) is 2.03. The molecule has 1 N–H and O–H groups in total. The average Bonchev–Trinajstić information content (AvgIpc) is 2.41. The van der Waals surface area contributed by atoms with Crippen LogP contribution in [0.3, 0.4) is 0 Å². The first-order valence-corrected chi connectivity index (χ1v) is 8.15. The van der Waals surface area contributed by atoms with Crippen molar-refractivity contribution in [2.24, 2.45) is 0 Å². The normalized spacial score (nSPS) is 12.2. The van der Waals surface area contributed by atoms with Crippen LogP contribution in [0.2, 0.25) is 10.0 Å². The van der Waals surface area contributed by atoms with E-state index in [2.05, 4.69) is 21.2 Å². The zero-order chi connectivity index (χ0) is 15.4. The fraction of sp³-hybridized carbons (Fsp3) is 0.250. The van der Waals surface area contributed by atoms with Crippen LogP contribution in [0.5, 0.6) is 5.75 Å². The first-order chi connectivity index (χ1) is 10.0. The lowest BCUT2D eigenvalue weighted by atomic mass is 9.98. The number of ether oxygens (including phenoxy) is 1. The summed E-state index contributed by atoms with van der Waals surface area (Å²) in [6.45, 7) is 2.58. The molecule has 112 valence electrons. The topological polar surface area (TPSA) is 21.3 Å². The SMILES string of the molecule is CCOc1ccc(Br)cc1C(NC)c1cc(Cl)cc(Cl)c1. The maximum Gasteiger partial charge on any atom is 0.124 e. The minimum absolute atomic E-state index is 0.0553. The summed E-state index contributed by atoms with van der Waals surface area (Å²) in [4.78, 5) is 0. The largest absolute Gasteiger partial charge is 0.494 e. The Balaban J connectivity index is 2.52. The molecule has 0 amide bonds. The van der Waals surface area contributed by atoms with Crippen LogP contribution in [0.4, 0.5) is 0 Å². The van der Waals surface area contributed by atoms with Crippen LogP contribution in [-0.2, 0) is 0 Å². The first kappa shape index (κ1) is 16.6. The molecule has 0 aliphatic rings. The Morgan fingerprint density at radius 3 is 2.38 bits per heavy atom. The second-order valence-corrected chi connectivity index (χ2v) is 6.33. The van der Waals surface area contributed by atoms with Gasteiger partial charge in [0.05, 0.1) is 12.6 Å². The summed E-state index contributed by atoms with van der Waals surface area (Å²) in [6, 6.07) is 11.5. The van der Waals surface area contributed by atoms with E-state index < -0.39 is 0 Å². The minimum atomic E-state index is -0.0553. The van der Waals surface area contributed by atoms with Gasteiger partial charge in [-0.15, -0.1) is 0 Å². The molecular formula is C16H16BrCl2NO. The molecular weight excluding hydrogens is 373 g/mol. The van der Waals surface area contributed by atoms with E-state index in [1.54, 1.807) is 6.07 Å². The maximum atomic E-state index is 6.12. The first-order valence-electron chi connectivity index (χ1n) is 6.60. The second-order valence-electron chi connectivity index (χ2n) is 4.54. The Hall–Kier alpha value is -0.740. The Labute approximate surface area is 143 Å². The van der Waals surface area contributed by atoms with Crippen LogP contribution in [-0.4, -0.2) is 13.7 Å². The highest BCUT2D eigenvalue weighted by atomic mass is 79.9. The van der Waals surface area contributed by atoms with E-state index >= 15 is 0 Å². The van der Waals surface area contributed by atoms with Gasteiger partial charge in [0.25, 0.3) is 0 Å². The number of halogens is 3. The third kappa shape index (κ3) is 4.13. The summed E-state index contributed by atoms with van der Waals surface area (Å²) in [5.74, 6) is 0.844. The van der Waals surface area contributed by atoms with Crippen LogP contribution in [0, 0.1) is 0 Å². The van der Waals surface area contributed by atoms with Crippen molar-refractivity contribution in [2.45, 2.75) is 13.0 Å². The van der Waals surface area contributed by atoms with Gasteiger partial charge >= 0.3 is 0 Å². The molecule has 0 bridgehead atoms. The average molecular weight is 389 g/mol. The highest BCUT2D eigenvalue weighted by Gasteiger charge is 2.18. The van der Waals surface area contributed by atoms with Gasteiger partial charge in [-0.2, -0.15) is 0 Å². The van der Waals surface area contributed by atoms with Crippen LogP contribution in [0.15, 0.2) is 40.9 Å². The molecule has 2 aromatic carbocycles. The van der Waals surface area contributed by atoms with Gasteiger partial charge in [-0.3, -0.25) is 0 Å². The number of hydrogen-bond donors (Lipinski definition) is 1. The summed E-state index contributed by atoms with van der Waals surface area (Å²) in [7, 11) is 1.90. The van der Waals surface area contributed by atoms with Crippen molar-refractivity contribution < 1.29 is 4.74 Å². The van der Waals surface area contributed by atoms with Crippen molar-refractivity contribution in [3.05, 3.63) is 62.0 Å². The maximum absolute atomic E-state index is 6.12. The van der Waals surface area contributed by atoms with Crippen molar-refractivity contribution >= 4 is 39.1 Å². The van der Waals surface area contributed by atoms with E-state index in [1.165, 1.54) is 0 Å². The lowest BCUT2D eigenvalue weighted by Gasteiger charge is -2.21. The third-order valence-electron chi connectivity index (χ3n) is 3.09. The van der Waals surface area contributed by atoms with E-state index in [9.17, 15) is 0 Å². The Morgan fingerprint density at radius 1 is 1.14 bits per heavy atom. The Morgan fingerprint density at radius 2 is 1.81 bits per heavy atom. The smallest absolute Gasteiger partial charge is 0.124 e. The van der Waals surface area contributed by atoms with Crippen LogP contribution in [0.1, 0.15) is 24.1 Å². The predicted octanol–water partition coefficient (Wildman–Crippen LogP) is 5.46. The molecule has 2 aromatic rings. The van der Waals surface area contributed by atoms with Crippen LogP contribution < -0.4 is 10.1 Å². The molecule has 0 aromatic heterocycles. The van der Waals surface area contributed by atoms with Gasteiger partial charge in [0, 0.05) is 20.1 Å². The molecule has 0 fully saturated rings. The zero-order valence-corrected chi connectivity index (χ0v) is 14.9. The van der Waals surface area contributed by atoms with Crippen molar-refractivity contribution in [1.82, 2.24) is 5.32 Å². The zero-order valence-electron chi connectivity index (χ0n) is 11.8. The van der Waals surface area contributed by atoms with Crippen molar-refractivity contribution in [1.29, 1.82) is 0 Å². The second kappa shape index (κ2) is 7.50. The van der Waals surface area contributed by atoms with Crippen molar-refractivity contribution in [2.75, 3.05) is 13.7 Å². The fourth-order valence-corrected chi connectivity index (χ4v) is 3.20. The molecule has 0 spiro atoms. The molecule has 0 saturated heterocycles. The quantitative estimate of drug-likeness (QED) is 0.733. The molecule has 0 saturated carbocycles. The van der Waals surface area contributed by atoms with Gasteiger partial charge in [0.1, 0.15) is 5.75 Å². The highest BCUT2D eigenvalue weighted by Crippen LogP contribution is 2.34. The Bertz CT molecular complexity index is 613.